The number of anilines is 1. The number of para-hydroxylation sites is 2. The first kappa shape index (κ1) is 19.8. The first-order chi connectivity index (χ1) is 15.5. The molecule has 3 N–H and O–H groups in total. The van der Waals surface area contributed by atoms with Crippen LogP contribution >= 0.6 is 0 Å². The number of hydrogen-bond donors (Lipinski definition) is 3. The van der Waals surface area contributed by atoms with Gasteiger partial charge in [0.25, 0.3) is 11.5 Å². The predicted molar refractivity (Wildman–Crippen MR) is 125 cm³/mol. The number of hydrazine groups is 1. The Bertz CT molecular complexity index is 1410. The summed E-state index contributed by atoms with van der Waals surface area (Å²) in [4.78, 5) is 29.2. The molecule has 3 aromatic carbocycles. The van der Waals surface area contributed by atoms with Crippen LogP contribution in [0.25, 0.3) is 17.0 Å². The van der Waals surface area contributed by atoms with Crippen LogP contribution in [0, 0.1) is 6.92 Å². The SMILES string of the molecule is Cc1cccc2c(O)c(C=C3C(=O)N(c4ccccc4)N[C@H]3c3ccccc3)c(=O)[nH]c12. The van der Waals surface area contributed by atoms with Crippen molar-refractivity contribution in [3.05, 3.63) is 111 Å². The number of nitrogens with one attached hydrogen (secondary N) is 2. The van der Waals surface area contributed by atoms with Gasteiger partial charge < -0.3 is 10.1 Å². The maximum atomic E-state index is 13.4. The molecule has 0 aliphatic carbocycles. The summed E-state index contributed by atoms with van der Waals surface area (Å²) in [6.07, 6.45) is 1.49. The van der Waals surface area contributed by atoms with Crippen LogP contribution in [-0.2, 0) is 4.79 Å². The van der Waals surface area contributed by atoms with Crippen LogP contribution in [0.1, 0.15) is 22.7 Å². The second-order valence-corrected chi connectivity index (χ2v) is 7.76. The van der Waals surface area contributed by atoms with Gasteiger partial charge in [-0.1, -0.05) is 60.7 Å². The molecule has 0 bridgehead atoms. The minimum atomic E-state index is -0.476. The highest BCUT2D eigenvalue weighted by molar-refractivity contribution is 6.11. The summed E-state index contributed by atoms with van der Waals surface area (Å²) >= 11 is 0. The van der Waals surface area contributed by atoms with Crippen LogP contribution in [0.3, 0.4) is 0 Å². The Labute approximate surface area is 184 Å². The molecule has 1 atom stereocenters. The number of rotatable bonds is 3. The van der Waals surface area contributed by atoms with Crippen LogP contribution in [0.5, 0.6) is 5.75 Å². The van der Waals surface area contributed by atoms with Gasteiger partial charge in [0.15, 0.2) is 0 Å². The summed E-state index contributed by atoms with van der Waals surface area (Å²) in [7, 11) is 0. The topological polar surface area (TPSA) is 85.4 Å². The Morgan fingerprint density at radius 1 is 0.906 bits per heavy atom. The molecule has 1 aliphatic rings. The molecule has 158 valence electrons. The number of fused-ring (bicyclic) bond motifs is 1. The van der Waals surface area contributed by atoms with Crippen molar-refractivity contribution < 1.29 is 9.90 Å². The van der Waals surface area contributed by atoms with Crippen molar-refractivity contribution in [2.45, 2.75) is 13.0 Å². The van der Waals surface area contributed by atoms with Crippen molar-refractivity contribution in [3.63, 3.8) is 0 Å². The molecule has 2 heterocycles. The zero-order valence-corrected chi connectivity index (χ0v) is 17.4. The fraction of sp³-hybridized carbons (Fsp3) is 0.0769. The quantitative estimate of drug-likeness (QED) is 0.431. The third-order valence-corrected chi connectivity index (χ3v) is 5.73. The molecule has 6 nitrogen and oxygen atoms in total. The lowest BCUT2D eigenvalue weighted by Crippen LogP contribution is -2.35. The number of aromatic hydroxyl groups is 1. The molecule has 4 aromatic rings. The summed E-state index contributed by atoms with van der Waals surface area (Å²) in [5.74, 6) is -0.425. The molecule has 1 fully saturated rings. The van der Waals surface area contributed by atoms with Crippen molar-refractivity contribution in [3.8, 4) is 5.75 Å². The Hall–Kier alpha value is -4.16. The maximum absolute atomic E-state index is 13.4. The largest absolute Gasteiger partial charge is 0.506 e. The number of hydrogen-bond acceptors (Lipinski definition) is 4. The molecule has 32 heavy (non-hydrogen) atoms. The molecule has 1 amide bonds. The summed E-state index contributed by atoms with van der Waals surface area (Å²) in [5, 5.41) is 12.9. The second-order valence-electron chi connectivity index (χ2n) is 7.76. The molecule has 1 aliphatic heterocycles. The molecule has 0 spiro atoms. The van der Waals surface area contributed by atoms with E-state index in [1.54, 1.807) is 6.07 Å². The van der Waals surface area contributed by atoms with Gasteiger partial charge in [0.1, 0.15) is 5.75 Å². The molecular formula is C26H21N3O3. The first-order valence-corrected chi connectivity index (χ1v) is 10.3. The van der Waals surface area contributed by atoms with Crippen molar-refractivity contribution in [2.24, 2.45) is 0 Å². The van der Waals surface area contributed by atoms with Crippen LogP contribution in [0.4, 0.5) is 5.69 Å². The fourth-order valence-electron chi connectivity index (χ4n) is 4.08. The van der Waals surface area contributed by atoms with Crippen LogP contribution in [0.2, 0.25) is 0 Å². The van der Waals surface area contributed by atoms with E-state index in [1.807, 2.05) is 79.7 Å². The van der Waals surface area contributed by atoms with Gasteiger partial charge in [-0.2, -0.15) is 0 Å². The lowest BCUT2D eigenvalue weighted by Gasteiger charge is -2.17. The highest BCUT2D eigenvalue weighted by atomic mass is 16.3. The van der Waals surface area contributed by atoms with E-state index < -0.39 is 11.6 Å². The summed E-state index contributed by atoms with van der Waals surface area (Å²) < 4.78 is 0. The van der Waals surface area contributed by atoms with Crippen LogP contribution in [0.15, 0.2) is 89.2 Å². The Morgan fingerprint density at radius 2 is 1.59 bits per heavy atom. The van der Waals surface area contributed by atoms with Crippen LogP contribution < -0.4 is 16.0 Å². The third kappa shape index (κ3) is 3.27. The number of aromatic amines is 1. The molecule has 0 radical (unpaired) electrons. The van der Waals surface area contributed by atoms with E-state index >= 15 is 0 Å². The van der Waals surface area contributed by atoms with Gasteiger partial charge in [0.05, 0.1) is 22.8 Å². The van der Waals surface area contributed by atoms with Crippen molar-refractivity contribution in [2.75, 3.05) is 5.01 Å². The van der Waals surface area contributed by atoms with E-state index in [-0.39, 0.29) is 17.2 Å². The van der Waals surface area contributed by atoms with Gasteiger partial charge in [0.2, 0.25) is 0 Å². The number of carbonyl (C=O) groups is 1. The van der Waals surface area contributed by atoms with E-state index in [0.717, 1.165) is 11.1 Å². The van der Waals surface area contributed by atoms with Gasteiger partial charge in [-0.15, -0.1) is 0 Å². The Kier molecular flexibility index (Phi) is 4.84. The lowest BCUT2D eigenvalue weighted by molar-refractivity contribution is -0.114. The molecule has 1 saturated heterocycles. The number of carbonyl (C=O) groups excluding carboxylic acids is 1. The number of H-pyrrole nitrogens is 1. The molecule has 6 heteroatoms. The van der Waals surface area contributed by atoms with E-state index in [2.05, 4.69) is 10.4 Å². The predicted octanol–water partition coefficient (Wildman–Crippen LogP) is 4.22. The molecule has 1 aromatic heterocycles. The lowest BCUT2D eigenvalue weighted by atomic mass is 9.97. The highest BCUT2D eigenvalue weighted by Gasteiger charge is 2.37. The first-order valence-electron chi connectivity index (χ1n) is 10.3. The van der Waals surface area contributed by atoms with E-state index in [1.165, 1.54) is 11.1 Å². The smallest absolute Gasteiger partial charge is 0.270 e. The minimum absolute atomic E-state index is 0.0593. The van der Waals surface area contributed by atoms with E-state index in [9.17, 15) is 14.7 Å². The standard InChI is InChI=1S/C26H21N3O3/c1-16-9-8-14-19-22(16)27-25(31)21(24(19)30)15-20-23(17-10-4-2-5-11-17)28-29(26(20)32)18-12-6-3-7-13-18/h2-15,23,28H,1H3,(H2,27,30,31)/t23-/m0/s1. The molecule has 0 saturated carbocycles. The average Bonchev–Trinajstić information content (AvgIpc) is 3.14. The second kappa shape index (κ2) is 7.83. The van der Waals surface area contributed by atoms with Gasteiger partial charge in [0, 0.05) is 11.0 Å². The van der Waals surface area contributed by atoms with Crippen LogP contribution in [-0.4, -0.2) is 16.0 Å². The van der Waals surface area contributed by atoms with Crippen molar-refractivity contribution in [1.82, 2.24) is 10.4 Å². The average molecular weight is 423 g/mol. The molecule has 0 unspecified atom stereocenters. The summed E-state index contributed by atoms with van der Waals surface area (Å²) in [6.45, 7) is 1.86. The minimum Gasteiger partial charge on any atom is -0.506 e. The number of amides is 1. The summed E-state index contributed by atoms with van der Waals surface area (Å²) in [5.41, 5.74) is 6.22. The number of benzene rings is 3. The van der Waals surface area contributed by atoms with Gasteiger partial charge in [-0.05, 0) is 42.3 Å². The molecule has 5 rings (SSSR count). The highest BCUT2D eigenvalue weighted by Crippen LogP contribution is 2.35. The van der Waals surface area contributed by atoms with E-state index in [0.29, 0.717) is 22.2 Å². The van der Waals surface area contributed by atoms with Gasteiger partial charge >= 0.3 is 0 Å². The Morgan fingerprint density at radius 3 is 2.31 bits per heavy atom. The maximum Gasteiger partial charge on any atom is 0.270 e. The number of pyridine rings is 1. The monoisotopic (exact) mass is 423 g/mol. The van der Waals surface area contributed by atoms with Gasteiger partial charge in [-0.25, -0.2) is 10.4 Å². The number of nitrogens with zero attached hydrogens (tertiary/aromatic N) is 1. The van der Waals surface area contributed by atoms with Gasteiger partial charge in [-0.3, -0.25) is 9.59 Å². The number of aryl methyl sites for hydroxylation is 1. The third-order valence-electron chi connectivity index (χ3n) is 5.73. The Balaban J connectivity index is 1.69. The zero-order valence-electron chi connectivity index (χ0n) is 17.4. The molecular weight excluding hydrogens is 402 g/mol. The fourth-order valence-corrected chi connectivity index (χ4v) is 4.08. The van der Waals surface area contributed by atoms with Crippen molar-refractivity contribution in [1.29, 1.82) is 0 Å². The van der Waals surface area contributed by atoms with E-state index in [4.69, 9.17) is 0 Å². The van der Waals surface area contributed by atoms with Crippen molar-refractivity contribution >= 4 is 28.6 Å². The normalized spacial score (nSPS) is 17.4. The number of aromatic nitrogens is 1. The summed E-state index contributed by atoms with van der Waals surface area (Å²) in [6, 6.07) is 23.7. The zero-order chi connectivity index (χ0) is 22.2.